The fraction of sp³-hybridized carbons (Fsp3) is 0.471. The Labute approximate surface area is 130 Å². The van der Waals surface area contributed by atoms with E-state index in [0.717, 1.165) is 12.8 Å². The molecule has 0 heterocycles. The van der Waals surface area contributed by atoms with Crippen molar-refractivity contribution in [2.24, 2.45) is 0 Å². The molecule has 0 unspecified atom stereocenters. The largest absolute Gasteiger partial charge is 0.336 e. The standard InChI is InChI=1S/C17H22N2O3/c1-2-18(15-9-4-3-5-10-15)17(20)13-12-14-8-6-7-11-16(14)19(21)22/h6-8,11-13,15H,2-5,9-10H2,1H3. The number of carbonyl (C=O) groups excluding carboxylic acids is 1. The highest BCUT2D eigenvalue weighted by Crippen LogP contribution is 2.23. The number of para-hydroxylation sites is 1. The molecule has 1 amide bonds. The van der Waals surface area contributed by atoms with Gasteiger partial charge in [-0.2, -0.15) is 0 Å². The first-order valence-electron chi connectivity index (χ1n) is 7.85. The maximum absolute atomic E-state index is 12.4. The molecule has 0 atom stereocenters. The zero-order chi connectivity index (χ0) is 15.9. The van der Waals surface area contributed by atoms with Gasteiger partial charge in [-0.15, -0.1) is 0 Å². The third kappa shape index (κ3) is 3.93. The molecule has 0 radical (unpaired) electrons. The monoisotopic (exact) mass is 302 g/mol. The molecular weight excluding hydrogens is 280 g/mol. The van der Waals surface area contributed by atoms with Gasteiger partial charge < -0.3 is 4.90 Å². The quantitative estimate of drug-likeness (QED) is 0.472. The minimum absolute atomic E-state index is 0.0206. The molecule has 5 heteroatoms. The van der Waals surface area contributed by atoms with Crippen LogP contribution in [0.15, 0.2) is 30.3 Å². The summed E-state index contributed by atoms with van der Waals surface area (Å²) in [6, 6.07) is 6.76. The average molecular weight is 302 g/mol. The predicted octanol–water partition coefficient (Wildman–Crippen LogP) is 3.79. The maximum atomic E-state index is 12.4. The smallest absolute Gasteiger partial charge is 0.276 e. The van der Waals surface area contributed by atoms with Crippen LogP contribution >= 0.6 is 0 Å². The van der Waals surface area contributed by atoms with Gasteiger partial charge in [0.1, 0.15) is 0 Å². The Bertz CT molecular complexity index is 563. The molecule has 118 valence electrons. The summed E-state index contributed by atoms with van der Waals surface area (Å²) >= 11 is 0. The Balaban J connectivity index is 2.11. The second-order valence-corrected chi connectivity index (χ2v) is 5.57. The summed E-state index contributed by atoms with van der Waals surface area (Å²) in [4.78, 5) is 24.8. The highest BCUT2D eigenvalue weighted by molar-refractivity contribution is 5.92. The predicted molar refractivity (Wildman–Crippen MR) is 86.4 cm³/mol. The van der Waals surface area contributed by atoms with E-state index in [1.54, 1.807) is 24.3 Å². The van der Waals surface area contributed by atoms with Gasteiger partial charge in [-0.05, 0) is 31.9 Å². The highest BCUT2D eigenvalue weighted by atomic mass is 16.6. The second kappa shape index (κ2) is 7.73. The SMILES string of the molecule is CCN(C(=O)C=Cc1ccccc1[N+](=O)[O-])C1CCCCC1. The first-order valence-corrected chi connectivity index (χ1v) is 7.85. The molecule has 1 saturated carbocycles. The minimum atomic E-state index is -0.428. The molecule has 0 saturated heterocycles. The van der Waals surface area contributed by atoms with Gasteiger partial charge in [0.05, 0.1) is 10.5 Å². The lowest BCUT2D eigenvalue weighted by atomic mass is 9.94. The summed E-state index contributed by atoms with van der Waals surface area (Å²) in [5.41, 5.74) is 0.479. The Morgan fingerprint density at radius 3 is 2.64 bits per heavy atom. The molecule has 1 aliphatic carbocycles. The number of hydrogen-bond donors (Lipinski definition) is 0. The topological polar surface area (TPSA) is 63.5 Å². The lowest BCUT2D eigenvalue weighted by Crippen LogP contribution is -2.40. The van der Waals surface area contributed by atoms with Gasteiger partial charge in [0.15, 0.2) is 0 Å². The lowest BCUT2D eigenvalue weighted by molar-refractivity contribution is -0.385. The van der Waals surface area contributed by atoms with E-state index in [-0.39, 0.29) is 11.6 Å². The molecule has 1 fully saturated rings. The van der Waals surface area contributed by atoms with E-state index < -0.39 is 4.92 Å². The molecule has 1 aromatic carbocycles. The van der Waals surface area contributed by atoms with E-state index in [4.69, 9.17) is 0 Å². The number of nitro benzene ring substituents is 1. The van der Waals surface area contributed by atoms with E-state index in [0.29, 0.717) is 18.2 Å². The van der Waals surface area contributed by atoms with Crippen LogP contribution < -0.4 is 0 Å². The van der Waals surface area contributed by atoms with Gasteiger partial charge in [-0.25, -0.2) is 0 Å². The van der Waals surface area contributed by atoms with E-state index in [2.05, 4.69) is 0 Å². The minimum Gasteiger partial charge on any atom is -0.336 e. The first-order chi connectivity index (χ1) is 10.6. The third-order valence-corrected chi connectivity index (χ3v) is 4.18. The van der Waals surface area contributed by atoms with E-state index in [1.165, 1.54) is 31.4 Å². The summed E-state index contributed by atoms with van der Waals surface area (Å²) in [5.74, 6) is -0.0625. The molecule has 5 nitrogen and oxygen atoms in total. The Morgan fingerprint density at radius 1 is 1.32 bits per heavy atom. The van der Waals surface area contributed by atoms with Crippen molar-refractivity contribution in [2.75, 3.05) is 6.54 Å². The van der Waals surface area contributed by atoms with Crippen molar-refractivity contribution < 1.29 is 9.72 Å². The van der Waals surface area contributed by atoms with Crippen LogP contribution in [0.1, 0.15) is 44.6 Å². The zero-order valence-corrected chi connectivity index (χ0v) is 12.9. The number of hydrogen-bond acceptors (Lipinski definition) is 3. The van der Waals surface area contributed by atoms with Gasteiger partial charge in [0.25, 0.3) is 5.69 Å². The molecule has 1 aromatic rings. The molecule has 1 aliphatic rings. The van der Waals surface area contributed by atoms with Crippen molar-refractivity contribution in [1.29, 1.82) is 0 Å². The van der Waals surface area contributed by atoms with E-state index in [9.17, 15) is 14.9 Å². The molecule has 0 aromatic heterocycles. The van der Waals surface area contributed by atoms with Crippen LogP contribution in [0.25, 0.3) is 6.08 Å². The second-order valence-electron chi connectivity index (χ2n) is 5.57. The first kappa shape index (κ1) is 16.2. The van der Waals surface area contributed by atoms with E-state index >= 15 is 0 Å². The molecule has 0 aliphatic heterocycles. The van der Waals surface area contributed by atoms with Crippen LogP contribution in [0, 0.1) is 10.1 Å². The van der Waals surface area contributed by atoms with Crippen molar-refractivity contribution in [3.05, 3.63) is 46.0 Å². The molecule has 0 spiro atoms. The van der Waals surface area contributed by atoms with Crippen molar-refractivity contribution in [3.8, 4) is 0 Å². The lowest BCUT2D eigenvalue weighted by Gasteiger charge is -2.32. The van der Waals surface area contributed by atoms with Gasteiger partial charge in [-0.1, -0.05) is 31.4 Å². The van der Waals surface area contributed by atoms with Gasteiger partial charge in [0, 0.05) is 24.7 Å². The Morgan fingerprint density at radius 2 is 2.00 bits per heavy atom. The molecule has 0 bridgehead atoms. The zero-order valence-electron chi connectivity index (χ0n) is 12.9. The van der Waals surface area contributed by atoms with Crippen LogP contribution in [0.3, 0.4) is 0 Å². The fourth-order valence-corrected chi connectivity index (χ4v) is 3.04. The highest BCUT2D eigenvalue weighted by Gasteiger charge is 2.22. The number of carbonyl (C=O) groups is 1. The van der Waals surface area contributed by atoms with Crippen LogP contribution in [-0.4, -0.2) is 28.3 Å². The van der Waals surface area contributed by atoms with E-state index in [1.807, 2.05) is 11.8 Å². The fourth-order valence-electron chi connectivity index (χ4n) is 3.04. The number of nitrogens with zero attached hydrogens (tertiary/aromatic N) is 2. The summed E-state index contributed by atoms with van der Waals surface area (Å²) in [6.45, 7) is 2.65. The maximum Gasteiger partial charge on any atom is 0.276 e. The number of amides is 1. The third-order valence-electron chi connectivity index (χ3n) is 4.18. The average Bonchev–Trinajstić information content (AvgIpc) is 2.55. The number of likely N-dealkylation sites (N-methyl/N-ethyl adjacent to an activating group) is 1. The normalized spacial score (nSPS) is 15.9. The van der Waals surface area contributed by atoms with Crippen molar-refractivity contribution in [1.82, 2.24) is 4.90 Å². The van der Waals surface area contributed by atoms with Crippen LogP contribution in [-0.2, 0) is 4.79 Å². The van der Waals surface area contributed by atoms with Crippen LogP contribution in [0.2, 0.25) is 0 Å². The molecular formula is C17H22N2O3. The van der Waals surface area contributed by atoms with Gasteiger partial charge in [0.2, 0.25) is 5.91 Å². The van der Waals surface area contributed by atoms with Crippen LogP contribution in [0.4, 0.5) is 5.69 Å². The number of rotatable bonds is 5. The molecule has 22 heavy (non-hydrogen) atoms. The summed E-state index contributed by atoms with van der Waals surface area (Å²) in [6.07, 6.45) is 8.70. The van der Waals surface area contributed by atoms with Crippen molar-refractivity contribution >= 4 is 17.7 Å². The van der Waals surface area contributed by atoms with Crippen LogP contribution in [0.5, 0.6) is 0 Å². The molecule has 0 N–H and O–H groups in total. The summed E-state index contributed by atoms with van der Waals surface area (Å²) in [7, 11) is 0. The Kier molecular flexibility index (Phi) is 5.69. The van der Waals surface area contributed by atoms with Crippen molar-refractivity contribution in [2.45, 2.75) is 45.1 Å². The number of benzene rings is 1. The summed E-state index contributed by atoms with van der Waals surface area (Å²) < 4.78 is 0. The molecule has 2 rings (SSSR count). The van der Waals surface area contributed by atoms with Gasteiger partial charge >= 0.3 is 0 Å². The van der Waals surface area contributed by atoms with Crippen molar-refractivity contribution in [3.63, 3.8) is 0 Å². The number of nitro groups is 1. The summed E-state index contributed by atoms with van der Waals surface area (Å²) in [5, 5.41) is 11.0. The Hall–Kier alpha value is -2.17. The van der Waals surface area contributed by atoms with Gasteiger partial charge in [-0.3, -0.25) is 14.9 Å².